The van der Waals surface area contributed by atoms with E-state index in [9.17, 15) is 43.5 Å². The molecule has 0 aromatic carbocycles. The van der Waals surface area contributed by atoms with Crippen LogP contribution in [0.4, 0.5) is 5.82 Å². The quantitative estimate of drug-likeness (QED) is 0.0177. The van der Waals surface area contributed by atoms with Crippen LogP contribution in [0.3, 0.4) is 0 Å². The molecule has 0 saturated carbocycles. The summed E-state index contributed by atoms with van der Waals surface area (Å²) in [7, 11) is -10.9. The number of hydrogen-bond acceptors (Lipinski definition) is 15. The predicted octanol–water partition coefficient (Wildman–Crippen LogP) is 10.7. The minimum Gasteiger partial charge on any atom is -0.462 e. The number of ether oxygens (including phenoxy) is 3. The van der Waals surface area contributed by atoms with Gasteiger partial charge in [0.15, 0.2) is 12.3 Å². The fourth-order valence-electron chi connectivity index (χ4n) is 7.02. The van der Waals surface area contributed by atoms with E-state index in [2.05, 4.69) is 108 Å². The average Bonchev–Trinajstić information content (AvgIpc) is 3.62. The molecule has 6 N–H and O–H groups in total. The van der Waals surface area contributed by atoms with Crippen LogP contribution in [-0.4, -0.2) is 85.7 Å². The number of aliphatic hydroxyl groups is 2. The molecule has 1 aromatic heterocycles. The Morgan fingerprint density at radius 2 is 1.17 bits per heavy atom. The number of nitrogen functional groups attached to an aromatic ring is 1. The first-order chi connectivity index (χ1) is 34.7. The zero-order chi connectivity index (χ0) is 52.7. The molecule has 3 unspecified atom stereocenters. The van der Waals surface area contributed by atoms with E-state index >= 15 is 0 Å². The highest BCUT2D eigenvalue weighted by Crippen LogP contribution is 2.60. The predicted molar refractivity (Wildman–Crippen MR) is 279 cm³/mol. The lowest BCUT2D eigenvalue weighted by atomic mass is 10.1. The lowest BCUT2D eigenvalue weighted by Crippen LogP contribution is -2.36. The van der Waals surface area contributed by atoms with Crippen molar-refractivity contribution in [1.29, 1.82) is 0 Å². The summed E-state index contributed by atoms with van der Waals surface area (Å²) >= 11 is 0. The van der Waals surface area contributed by atoms with Crippen LogP contribution in [0.2, 0.25) is 0 Å². The number of phosphoric acid groups is 2. The number of aromatic nitrogens is 2. The maximum atomic E-state index is 12.9. The van der Waals surface area contributed by atoms with Crippen molar-refractivity contribution < 1.29 is 66.3 Å². The van der Waals surface area contributed by atoms with Gasteiger partial charge in [-0.05, 0) is 96.0 Å². The third-order valence-electron chi connectivity index (χ3n) is 11.0. The fraction of sp³-hybridized carbons (Fsp3) is 0.615. The van der Waals surface area contributed by atoms with Crippen LogP contribution in [0, 0.1) is 0 Å². The molecule has 1 aliphatic heterocycles. The van der Waals surface area contributed by atoms with Crippen LogP contribution in [0.15, 0.2) is 102 Å². The summed E-state index contributed by atoms with van der Waals surface area (Å²) in [6.45, 7) is 1.96. The minimum atomic E-state index is -5.44. The molecule has 406 valence electrons. The topological polar surface area (TPSA) is 265 Å². The Kier molecular flexibility index (Phi) is 35.1. The van der Waals surface area contributed by atoms with E-state index in [0.29, 0.717) is 12.8 Å². The van der Waals surface area contributed by atoms with Gasteiger partial charge in [0.05, 0.1) is 13.2 Å². The first-order valence-electron chi connectivity index (χ1n) is 25.6. The van der Waals surface area contributed by atoms with Crippen LogP contribution in [0.25, 0.3) is 0 Å². The summed E-state index contributed by atoms with van der Waals surface area (Å²) in [4.78, 5) is 61.9. The van der Waals surface area contributed by atoms with Gasteiger partial charge in [0, 0.05) is 19.0 Å². The molecule has 7 atom stereocenters. The van der Waals surface area contributed by atoms with Gasteiger partial charge in [-0.1, -0.05) is 137 Å². The number of anilines is 1. The second-order valence-electron chi connectivity index (χ2n) is 17.3. The number of phosphoric ester groups is 2. The average molecular weight is 1050 g/mol. The van der Waals surface area contributed by atoms with Gasteiger partial charge in [0.1, 0.15) is 30.7 Å². The van der Waals surface area contributed by atoms with Crippen molar-refractivity contribution in [3.63, 3.8) is 0 Å². The zero-order valence-electron chi connectivity index (χ0n) is 42.4. The van der Waals surface area contributed by atoms with Crippen molar-refractivity contribution in [2.75, 3.05) is 25.6 Å². The van der Waals surface area contributed by atoms with Gasteiger partial charge < -0.3 is 39.9 Å². The first kappa shape index (κ1) is 64.1. The van der Waals surface area contributed by atoms with Gasteiger partial charge in [-0.2, -0.15) is 9.29 Å². The summed E-state index contributed by atoms with van der Waals surface area (Å²) in [5.41, 5.74) is 4.58. The number of hydrogen-bond donors (Lipinski definition) is 5. The van der Waals surface area contributed by atoms with Crippen molar-refractivity contribution in [3.8, 4) is 0 Å². The Balaban J connectivity index is 1.82. The van der Waals surface area contributed by atoms with E-state index in [0.717, 1.165) is 107 Å². The Labute approximate surface area is 427 Å². The van der Waals surface area contributed by atoms with E-state index in [1.807, 2.05) is 0 Å². The molecule has 1 aliphatic rings. The highest BCUT2D eigenvalue weighted by Gasteiger charge is 2.46. The molecule has 1 saturated heterocycles. The van der Waals surface area contributed by atoms with Crippen molar-refractivity contribution in [1.82, 2.24) is 9.55 Å². The van der Waals surface area contributed by atoms with Gasteiger partial charge in [-0.15, -0.1) is 0 Å². The molecule has 2 rings (SSSR count). The second kappa shape index (κ2) is 39.4. The number of esters is 2. The Morgan fingerprint density at radius 3 is 1.72 bits per heavy atom. The lowest BCUT2D eigenvalue weighted by Gasteiger charge is -2.21. The third-order valence-corrected chi connectivity index (χ3v) is 13.6. The molecular weight excluding hydrogens is 969 g/mol. The summed E-state index contributed by atoms with van der Waals surface area (Å²) < 4.78 is 56.8. The summed E-state index contributed by atoms with van der Waals surface area (Å²) in [5.74, 6) is -1.36. The Bertz CT molecular complexity index is 2040. The normalized spacial score (nSPS) is 19.8. The SMILES string of the molecule is CC/C=C\C/C=C\C/C=C\C/C=C\C/C=C\CCCCCC(=O)O[C@H](COC(=O)CCCCCCC/C=C\C/C=C\CCCCC)COP(=O)(O)OP(=O)(O)OC[C@H]1O[C@@H](n2ccc(N)nc2=O)C(O)[C@H]1O. The van der Waals surface area contributed by atoms with E-state index in [1.54, 1.807) is 0 Å². The third kappa shape index (κ3) is 31.5. The van der Waals surface area contributed by atoms with Gasteiger partial charge in [0.2, 0.25) is 0 Å². The number of rotatable bonds is 41. The standard InChI is InChI=1S/C52H83N3O15P2/c1-3-5-7-9-11-13-15-17-19-20-21-22-24-26-28-30-32-34-36-38-48(57)68-44(41-65-47(56)37-35-33-31-29-27-25-23-18-16-14-12-10-8-6-4-2)42-66-71(61,62)70-72(63,64)67-43-45-49(58)50(59)51(69-45)55-40-39-46(53)54-52(55)60/h5,7,11-14,17-19,21-23,26,28,39-40,44-45,49-51,58-59H,3-4,6,8-10,15-16,20,24-25,27,29-38,41-43H2,1-2H3,(H,61,62)(H,63,64)(H2,53,54,60)/b7-5-,13-11-,14-12-,19-17-,22-21-,23-18-,28-26-/t44-,45-,49+,50?,51-/m1/s1. The molecule has 0 bridgehead atoms. The number of unbranched alkanes of at least 4 members (excludes halogenated alkanes) is 11. The zero-order valence-corrected chi connectivity index (χ0v) is 44.2. The largest absolute Gasteiger partial charge is 0.481 e. The molecule has 20 heteroatoms. The number of allylic oxidation sites excluding steroid dienone is 14. The van der Waals surface area contributed by atoms with Crippen molar-refractivity contribution in [3.05, 3.63) is 108 Å². The number of carbonyl (C=O) groups is 2. The lowest BCUT2D eigenvalue weighted by molar-refractivity contribution is -0.161. The van der Waals surface area contributed by atoms with Crippen LogP contribution in [0.1, 0.15) is 161 Å². The maximum absolute atomic E-state index is 12.9. The Hall–Kier alpha value is -4.06. The molecule has 0 amide bonds. The summed E-state index contributed by atoms with van der Waals surface area (Å²) in [6.07, 6.45) is 42.3. The molecule has 72 heavy (non-hydrogen) atoms. The van der Waals surface area contributed by atoms with Gasteiger partial charge in [0.25, 0.3) is 0 Å². The van der Waals surface area contributed by atoms with E-state index < -0.39 is 83.7 Å². The van der Waals surface area contributed by atoms with E-state index in [-0.39, 0.29) is 18.7 Å². The number of nitrogens with two attached hydrogens (primary N) is 1. The molecule has 0 spiro atoms. The molecule has 2 heterocycles. The fourth-order valence-corrected chi connectivity index (χ4v) is 9.13. The number of nitrogens with zero attached hydrogens (tertiary/aromatic N) is 2. The molecule has 0 radical (unpaired) electrons. The first-order valence-corrected chi connectivity index (χ1v) is 28.6. The number of aliphatic hydroxyl groups excluding tert-OH is 2. The Morgan fingerprint density at radius 1 is 0.681 bits per heavy atom. The second-order valence-corrected chi connectivity index (χ2v) is 20.3. The molecule has 18 nitrogen and oxygen atoms in total. The summed E-state index contributed by atoms with van der Waals surface area (Å²) in [5, 5.41) is 20.9. The maximum Gasteiger partial charge on any atom is 0.481 e. The highest BCUT2D eigenvalue weighted by atomic mass is 31.3. The molecule has 0 aliphatic carbocycles. The molecular formula is C52H83N3O15P2. The van der Waals surface area contributed by atoms with E-state index in [1.165, 1.54) is 25.3 Å². The van der Waals surface area contributed by atoms with Crippen LogP contribution >= 0.6 is 15.6 Å². The summed E-state index contributed by atoms with van der Waals surface area (Å²) in [6, 6.07) is 1.24. The minimum absolute atomic E-state index is 0.00314. The van der Waals surface area contributed by atoms with Crippen molar-refractivity contribution in [2.24, 2.45) is 0 Å². The highest BCUT2D eigenvalue weighted by molar-refractivity contribution is 7.61. The van der Waals surface area contributed by atoms with E-state index in [4.69, 9.17) is 29.0 Å². The monoisotopic (exact) mass is 1050 g/mol. The number of carbonyl (C=O) groups excluding carboxylic acids is 2. The van der Waals surface area contributed by atoms with Crippen molar-refractivity contribution >= 4 is 33.4 Å². The molecule has 1 fully saturated rings. The van der Waals surface area contributed by atoms with Crippen molar-refractivity contribution in [2.45, 2.75) is 186 Å². The van der Waals surface area contributed by atoms with Gasteiger partial charge in [-0.3, -0.25) is 23.2 Å². The van der Waals surface area contributed by atoms with Crippen LogP contribution in [0.5, 0.6) is 0 Å². The van der Waals surface area contributed by atoms with Crippen LogP contribution < -0.4 is 11.4 Å². The van der Waals surface area contributed by atoms with Gasteiger partial charge >= 0.3 is 33.3 Å². The molecule has 1 aromatic rings. The smallest absolute Gasteiger partial charge is 0.462 e. The van der Waals surface area contributed by atoms with Crippen LogP contribution in [-0.2, 0) is 46.3 Å². The van der Waals surface area contributed by atoms with Gasteiger partial charge in [-0.25, -0.2) is 13.9 Å².